The molecule has 0 saturated heterocycles. The first kappa shape index (κ1) is 14.6. The Morgan fingerprint density at radius 1 is 1.19 bits per heavy atom. The normalized spacial score (nSPS) is 12.8. The van der Waals surface area contributed by atoms with E-state index in [2.05, 4.69) is 21.2 Å². The smallest absolute Gasteiger partial charge is 0.134 e. The third-order valence-corrected chi connectivity index (χ3v) is 4.27. The first-order valence-corrected chi connectivity index (χ1v) is 7.57. The minimum atomic E-state index is -0.281. The summed E-state index contributed by atoms with van der Waals surface area (Å²) in [6.07, 6.45) is 0. The summed E-state index contributed by atoms with van der Waals surface area (Å²) in [7, 11) is 1.83. The average molecular weight is 369 g/mol. The molecule has 0 aliphatic heterocycles. The zero-order chi connectivity index (χ0) is 15.0. The Morgan fingerprint density at radius 3 is 2.71 bits per heavy atom. The van der Waals surface area contributed by atoms with E-state index < -0.39 is 0 Å². The van der Waals surface area contributed by atoms with Crippen molar-refractivity contribution in [3.8, 4) is 0 Å². The molecular formula is C16H12BrClFNO. The molecule has 0 spiro atoms. The highest BCUT2D eigenvalue weighted by Gasteiger charge is 2.19. The van der Waals surface area contributed by atoms with Crippen molar-refractivity contribution < 1.29 is 8.81 Å². The van der Waals surface area contributed by atoms with Gasteiger partial charge in [-0.3, -0.25) is 0 Å². The third-order valence-electron chi connectivity index (χ3n) is 3.34. The number of benzene rings is 2. The Kier molecular flexibility index (Phi) is 4.02. The lowest BCUT2D eigenvalue weighted by Crippen LogP contribution is -2.17. The lowest BCUT2D eigenvalue weighted by atomic mass is 10.0. The van der Waals surface area contributed by atoms with E-state index in [1.165, 1.54) is 12.1 Å². The number of nitrogens with one attached hydrogen (secondary N) is 1. The van der Waals surface area contributed by atoms with E-state index in [-0.39, 0.29) is 11.9 Å². The standard InChI is InChI=1S/C16H12BrClFNO/c1-20-16(12-4-3-11(19)8-13(12)17)15-7-9-6-10(18)2-5-14(9)21-15/h2-8,16,20H,1H3. The van der Waals surface area contributed by atoms with Gasteiger partial charge in [-0.15, -0.1) is 0 Å². The van der Waals surface area contributed by atoms with Gasteiger partial charge in [0.2, 0.25) is 0 Å². The van der Waals surface area contributed by atoms with Crippen LogP contribution in [0.5, 0.6) is 0 Å². The van der Waals surface area contributed by atoms with Gasteiger partial charge in [-0.25, -0.2) is 4.39 Å². The summed E-state index contributed by atoms with van der Waals surface area (Å²) < 4.78 is 19.8. The number of hydrogen-bond acceptors (Lipinski definition) is 2. The van der Waals surface area contributed by atoms with Crippen molar-refractivity contribution >= 4 is 38.5 Å². The number of furan rings is 1. The van der Waals surface area contributed by atoms with Crippen LogP contribution < -0.4 is 5.32 Å². The molecule has 5 heteroatoms. The Bertz CT molecular complexity index is 802. The molecule has 3 rings (SSSR count). The Morgan fingerprint density at radius 2 is 2.00 bits per heavy atom. The van der Waals surface area contributed by atoms with Gasteiger partial charge in [0.05, 0.1) is 6.04 Å². The maximum Gasteiger partial charge on any atom is 0.134 e. The lowest BCUT2D eigenvalue weighted by molar-refractivity contribution is 0.490. The summed E-state index contributed by atoms with van der Waals surface area (Å²) in [5.74, 6) is 0.471. The van der Waals surface area contributed by atoms with Crippen LogP contribution >= 0.6 is 27.5 Å². The van der Waals surface area contributed by atoms with E-state index in [4.69, 9.17) is 16.0 Å². The van der Waals surface area contributed by atoms with Crippen LogP contribution in [0.25, 0.3) is 11.0 Å². The molecule has 21 heavy (non-hydrogen) atoms. The molecule has 0 aliphatic rings. The minimum absolute atomic E-state index is 0.175. The Hall–Kier alpha value is -1.36. The van der Waals surface area contributed by atoms with Gasteiger partial charge < -0.3 is 9.73 Å². The molecule has 0 bridgehead atoms. The SMILES string of the molecule is CNC(c1cc2cc(Cl)ccc2o1)c1ccc(F)cc1Br. The molecule has 0 radical (unpaired) electrons. The second-order valence-corrected chi connectivity index (χ2v) is 6.01. The molecular weight excluding hydrogens is 357 g/mol. The third kappa shape index (κ3) is 2.84. The van der Waals surface area contributed by atoms with Crippen LogP contribution in [0.1, 0.15) is 17.4 Å². The van der Waals surface area contributed by atoms with Crippen molar-refractivity contribution in [2.45, 2.75) is 6.04 Å². The van der Waals surface area contributed by atoms with Crippen LogP contribution in [-0.4, -0.2) is 7.05 Å². The molecule has 1 atom stereocenters. The summed E-state index contributed by atoms with van der Waals surface area (Å²) in [6, 6.07) is 11.9. The van der Waals surface area contributed by atoms with Crippen molar-refractivity contribution in [1.29, 1.82) is 0 Å². The van der Waals surface area contributed by atoms with E-state index in [0.717, 1.165) is 22.3 Å². The molecule has 1 N–H and O–H groups in total. The maximum atomic E-state index is 13.2. The fraction of sp³-hybridized carbons (Fsp3) is 0.125. The van der Waals surface area contributed by atoms with Crippen LogP contribution in [0.3, 0.4) is 0 Å². The van der Waals surface area contributed by atoms with Crippen molar-refractivity contribution in [2.75, 3.05) is 7.05 Å². The second kappa shape index (κ2) is 5.79. The van der Waals surface area contributed by atoms with Gasteiger partial charge in [-0.05, 0) is 49.0 Å². The molecule has 1 heterocycles. The lowest BCUT2D eigenvalue weighted by Gasteiger charge is -2.15. The summed E-state index contributed by atoms with van der Waals surface area (Å²) in [5, 5.41) is 4.80. The molecule has 0 saturated carbocycles. The summed E-state index contributed by atoms with van der Waals surface area (Å²) >= 11 is 9.39. The van der Waals surface area contributed by atoms with Gasteiger partial charge in [0.25, 0.3) is 0 Å². The van der Waals surface area contributed by atoms with E-state index in [9.17, 15) is 4.39 Å². The molecule has 1 unspecified atom stereocenters. The monoisotopic (exact) mass is 367 g/mol. The van der Waals surface area contributed by atoms with E-state index >= 15 is 0 Å². The number of rotatable bonds is 3. The second-order valence-electron chi connectivity index (χ2n) is 4.72. The summed E-state index contributed by atoms with van der Waals surface area (Å²) in [5.41, 5.74) is 1.68. The Balaban J connectivity index is 2.09. The molecule has 1 aromatic heterocycles. The first-order valence-electron chi connectivity index (χ1n) is 6.39. The number of fused-ring (bicyclic) bond motifs is 1. The molecule has 108 valence electrons. The quantitative estimate of drug-likeness (QED) is 0.679. The molecule has 0 fully saturated rings. The minimum Gasteiger partial charge on any atom is -0.459 e. The van der Waals surface area contributed by atoms with Gasteiger partial charge in [0, 0.05) is 14.9 Å². The van der Waals surface area contributed by atoms with Crippen molar-refractivity contribution in [1.82, 2.24) is 5.32 Å². The molecule has 0 amide bonds. The van der Waals surface area contributed by atoms with Crippen molar-refractivity contribution in [3.05, 3.63) is 69.1 Å². The fourth-order valence-corrected chi connectivity index (χ4v) is 3.12. The van der Waals surface area contributed by atoms with Gasteiger partial charge in [-0.2, -0.15) is 0 Å². The summed E-state index contributed by atoms with van der Waals surface area (Å²) in [4.78, 5) is 0. The summed E-state index contributed by atoms with van der Waals surface area (Å²) in [6.45, 7) is 0. The predicted octanol–water partition coefficient (Wildman–Crippen LogP) is 5.30. The van der Waals surface area contributed by atoms with Gasteiger partial charge in [0.15, 0.2) is 0 Å². The topological polar surface area (TPSA) is 25.2 Å². The van der Waals surface area contributed by atoms with Gasteiger partial charge in [0.1, 0.15) is 17.2 Å². The fourth-order valence-electron chi connectivity index (χ4n) is 2.36. The highest BCUT2D eigenvalue weighted by Crippen LogP contribution is 2.33. The molecule has 0 aliphatic carbocycles. The largest absolute Gasteiger partial charge is 0.459 e. The highest BCUT2D eigenvalue weighted by molar-refractivity contribution is 9.10. The van der Waals surface area contributed by atoms with E-state index in [1.807, 2.05) is 25.2 Å². The highest BCUT2D eigenvalue weighted by atomic mass is 79.9. The van der Waals surface area contributed by atoms with Crippen LogP contribution in [0.4, 0.5) is 4.39 Å². The van der Waals surface area contributed by atoms with Crippen LogP contribution in [-0.2, 0) is 0 Å². The van der Waals surface area contributed by atoms with E-state index in [1.54, 1.807) is 12.1 Å². The molecule has 2 aromatic carbocycles. The molecule has 3 aromatic rings. The zero-order valence-electron chi connectivity index (χ0n) is 11.2. The van der Waals surface area contributed by atoms with Gasteiger partial charge in [-0.1, -0.05) is 33.6 Å². The van der Waals surface area contributed by atoms with Crippen molar-refractivity contribution in [3.63, 3.8) is 0 Å². The van der Waals surface area contributed by atoms with Gasteiger partial charge >= 0.3 is 0 Å². The van der Waals surface area contributed by atoms with Crippen LogP contribution in [0.15, 0.2) is 51.4 Å². The zero-order valence-corrected chi connectivity index (χ0v) is 13.5. The van der Waals surface area contributed by atoms with E-state index in [0.29, 0.717) is 9.50 Å². The van der Waals surface area contributed by atoms with Crippen molar-refractivity contribution in [2.24, 2.45) is 0 Å². The average Bonchev–Trinajstić information content (AvgIpc) is 2.84. The molecule has 2 nitrogen and oxygen atoms in total. The maximum absolute atomic E-state index is 13.2. The number of hydrogen-bond donors (Lipinski definition) is 1. The predicted molar refractivity (Wildman–Crippen MR) is 86.2 cm³/mol. The Labute approximate surface area is 135 Å². The number of halogens is 3. The van der Waals surface area contributed by atoms with Crippen LogP contribution in [0.2, 0.25) is 5.02 Å². The van der Waals surface area contributed by atoms with Crippen LogP contribution in [0, 0.1) is 5.82 Å². The first-order chi connectivity index (χ1) is 10.1.